The molecule has 2 fully saturated rings. The summed E-state index contributed by atoms with van der Waals surface area (Å²) in [6.07, 6.45) is 4.27. The van der Waals surface area contributed by atoms with E-state index in [-0.39, 0.29) is 5.91 Å². The van der Waals surface area contributed by atoms with Crippen molar-refractivity contribution in [2.75, 3.05) is 57.0 Å². The molecule has 2 saturated heterocycles. The van der Waals surface area contributed by atoms with E-state index in [1.807, 2.05) is 25.1 Å². The van der Waals surface area contributed by atoms with Gasteiger partial charge in [0, 0.05) is 59.3 Å². The largest absolute Gasteiger partial charge is 0.387 e. The van der Waals surface area contributed by atoms with Crippen molar-refractivity contribution in [3.8, 4) is 0 Å². The molecular weight excluding hydrogens is 332 g/mol. The number of aliphatic hydroxyl groups is 1. The molecule has 8 heteroatoms. The van der Waals surface area contributed by atoms with Gasteiger partial charge < -0.3 is 25.1 Å². The Morgan fingerprint density at radius 2 is 2.08 bits per heavy atom. The summed E-state index contributed by atoms with van der Waals surface area (Å²) >= 11 is 0. The molecule has 1 unspecified atom stereocenters. The number of hydrogen-bond donors (Lipinski definition) is 2. The molecule has 1 aromatic heterocycles. The molecule has 2 aliphatic rings. The van der Waals surface area contributed by atoms with Crippen LogP contribution in [-0.4, -0.2) is 89.2 Å². The molecule has 0 aliphatic carbocycles. The van der Waals surface area contributed by atoms with Gasteiger partial charge in [0.1, 0.15) is 18.0 Å². The van der Waals surface area contributed by atoms with Crippen molar-refractivity contribution in [1.82, 2.24) is 19.8 Å². The number of anilines is 2. The Morgan fingerprint density at radius 3 is 2.69 bits per heavy atom. The van der Waals surface area contributed by atoms with Gasteiger partial charge in [-0.1, -0.05) is 0 Å². The molecule has 2 aliphatic heterocycles. The maximum atomic E-state index is 11.5. The van der Waals surface area contributed by atoms with Crippen molar-refractivity contribution in [2.24, 2.45) is 0 Å². The monoisotopic (exact) mass is 362 g/mol. The van der Waals surface area contributed by atoms with Crippen LogP contribution in [0.4, 0.5) is 11.6 Å². The van der Waals surface area contributed by atoms with Crippen LogP contribution < -0.4 is 10.2 Å². The maximum absolute atomic E-state index is 11.5. The summed E-state index contributed by atoms with van der Waals surface area (Å²) < 4.78 is 0. The molecule has 0 radical (unpaired) electrons. The van der Waals surface area contributed by atoms with E-state index < -0.39 is 5.60 Å². The minimum absolute atomic E-state index is 0.0470. The number of nitrogens with one attached hydrogen (secondary N) is 1. The third-order valence-corrected chi connectivity index (χ3v) is 5.35. The Hall–Kier alpha value is -1.93. The zero-order valence-corrected chi connectivity index (χ0v) is 16.0. The second-order valence-corrected chi connectivity index (χ2v) is 7.77. The molecule has 2 N–H and O–H groups in total. The Balaban J connectivity index is 1.47. The first-order chi connectivity index (χ1) is 12.3. The second kappa shape index (κ2) is 7.75. The number of carbonyl (C=O) groups is 1. The Bertz CT molecular complexity index is 632. The predicted octanol–water partition coefficient (Wildman–Crippen LogP) is 0.402. The first kappa shape index (κ1) is 18.8. The summed E-state index contributed by atoms with van der Waals surface area (Å²) in [6.45, 7) is 5.19. The summed E-state index contributed by atoms with van der Waals surface area (Å²) in [5.41, 5.74) is -0.765. The second-order valence-electron chi connectivity index (χ2n) is 7.77. The van der Waals surface area contributed by atoms with Crippen molar-refractivity contribution < 1.29 is 9.90 Å². The number of aromatic nitrogens is 2. The SMILES string of the molecule is CC(=O)N1CCC(O)(CN2CCC(Nc3cc(N(C)C)ncn3)CC2)C1. The molecule has 0 bridgehead atoms. The van der Waals surface area contributed by atoms with Crippen molar-refractivity contribution in [3.05, 3.63) is 12.4 Å². The molecule has 0 saturated carbocycles. The van der Waals surface area contributed by atoms with Gasteiger partial charge in [-0.15, -0.1) is 0 Å². The van der Waals surface area contributed by atoms with Crippen LogP contribution in [0.2, 0.25) is 0 Å². The van der Waals surface area contributed by atoms with Gasteiger partial charge in [0.15, 0.2) is 0 Å². The highest BCUT2D eigenvalue weighted by atomic mass is 16.3. The smallest absolute Gasteiger partial charge is 0.219 e. The first-order valence-corrected chi connectivity index (χ1v) is 9.31. The fourth-order valence-electron chi connectivity index (χ4n) is 3.79. The van der Waals surface area contributed by atoms with Crippen LogP contribution in [0.25, 0.3) is 0 Å². The van der Waals surface area contributed by atoms with Crippen LogP contribution in [-0.2, 0) is 4.79 Å². The minimum atomic E-state index is -0.765. The van der Waals surface area contributed by atoms with E-state index in [1.165, 1.54) is 0 Å². The summed E-state index contributed by atoms with van der Waals surface area (Å²) in [5.74, 6) is 1.79. The van der Waals surface area contributed by atoms with E-state index in [4.69, 9.17) is 0 Å². The van der Waals surface area contributed by atoms with Gasteiger partial charge in [-0.05, 0) is 19.3 Å². The van der Waals surface area contributed by atoms with E-state index in [2.05, 4.69) is 20.2 Å². The lowest BCUT2D eigenvalue weighted by Crippen LogP contribution is -2.49. The fourth-order valence-corrected chi connectivity index (χ4v) is 3.79. The van der Waals surface area contributed by atoms with Gasteiger partial charge in [0.2, 0.25) is 5.91 Å². The number of rotatable bonds is 5. The van der Waals surface area contributed by atoms with Crippen LogP contribution in [0.15, 0.2) is 12.4 Å². The Morgan fingerprint density at radius 1 is 1.35 bits per heavy atom. The molecule has 144 valence electrons. The van der Waals surface area contributed by atoms with Gasteiger partial charge in [-0.2, -0.15) is 0 Å². The molecular formula is C18H30N6O2. The van der Waals surface area contributed by atoms with E-state index >= 15 is 0 Å². The standard InChI is InChI=1S/C18H30N6O2/c1-14(25)24-9-6-18(26,12-24)11-23-7-4-15(5-8-23)21-16-10-17(22(2)3)20-13-19-16/h10,13,15,26H,4-9,11-12H2,1-3H3,(H,19,20,21). The van der Waals surface area contributed by atoms with E-state index in [9.17, 15) is 9.90 Å². The number of amides is 1. The van der Waals surface area contributed by atoms with Gasteiger partial charge in [0.25, 0.3) is 0 Å². The molecule has 0 aromatic carbocycles. The highest BCUT2D eigenvalue weighted by Crippen LogP contribution is 2.25. The van der Waals surface area contributed by atoms with E-state index in [1.54, 1.807) is 18.2 Å². The molecule has 0 spiro atoms. The lowest BCUT2D eigenvalue weighted by molar-refractivity contribution is -0.129. The highest BCUT2D eigenvalue weighted by Gasteiger charge is 2.39. The maximum Gasteiger partial charge on any atom is 0.219 e. The number of likely N-dealkylation sites (tertiary alicyclic amines) is 2. The van der Waals surface area contributed by atoms with Crippen LogP contribution in [0.5, 0.6) is 0 Å². The van der Waals surface area contributed by atoms with Crippen LogP contribution in [0.1, 0.15) is 26.2 Å². The summed E-state index contributed by atoms with van der Waals surface area (Å²) in [5, 5.41) is 14.3. The van der Waals surface area contributed by atoms with Gasteiger partial charge >= 0.3 is 0 Å². The zero-order valence-electron chi connectivity index (χ0n) is 16.0. The summed E-state index contributed by atoms with van der Waals surface area (Å²) in [7, 11) is 3.93. The van der Waals surface area contributed by atoms with Crippen LogP contribution in [0.3, 0.4) is 0 Å². The van der Waals surface area contributed by atoms with Crippen molar-refractivity contribution in [1.29, 1.82) is 0 Å². The molecule has 1 aromatic rings. The Kier molecular flexibility index (Phi) is 5.62. The number of piperidine rings is 1. The van der Waals surface area contributed by atoms with Crippen molar-refractivity contribution in [3.63, 3.8) is 0 Å². The third-order valence-electron chi connectivity index (χ3n) is 5.35. The van der Waals surface area contributed by atoms with Gasteiger partial charge in [-0.25, -0.2) is 9.97 Å². The summed E-state index contributed by atoms with van der Waals surface area (Å²) in [6, 6.07) is 2.34. The number of nitrogens with zero attached hydrogens (tertiary/aromatic N) is 5. The minimum Gasteiger partial charge on any atom is -0.387 e. The van der Waals surface area contributed by atoms with Crippen LogP contribution >= 0.6 is 0 Å². The van der Waals surface area contributed by atoms with Gasteiger partial charge in [-0.3, -0.25) is 4.79 Å². The van der Waals surface area contributed by atoms with E-state index in [0.717, 1.165) is 37.6 Å². The Labute approximate surface area is 155 Å². The quantitative estimate of drug-likeness (QED) is 0.784. The lowest BCUT2D eigenvalue weighted by atomic mass is 9.99. The normalized spacial score (nSPS) is 24.7. The topological polar surface area (TPSA) is 84.8 Å². The van der Waals surface area contributed by atoms with Crippen molar-refractivity contribution in [2.45, 2.75) is 37.8 Å². The first-order valence-electron chi connectivity index (χ1n) is 9.31. The number of β-amino-alcohol motifs (C(OH)–C–C–N with tert-alkyl or cyclic N) is 1. The van der Waals surface area contributed by atoms with Gasteiger partial charge in [0.05, 0.1) is 12.1 Å². The average molecular weight is 362 g/mol. The van der Waals surface area contributed by atoms with E-state index in [0.29, 0.717) is 32.1 Å². The molecule has 3 rings (SSSR count). The fraction of sp³-hybridized carbons (Fsp3) is 0.722. The molecule has 8 nitrogen and oxygen atoms in total. The number of carbonyl (C=O) groups excluding carboxylic acids is 1. The predicted molar refractivity (Wildman–Crippen MR) is 101 cm³/mol. The average Bonchev–Trinajstić information content (AvgIpc) is 2.99. The highest BCUT2D eigenvalue weighted by molar-refractivity contribution is 5.73. The molecule has 3 heterocycles. The van der Waals surface area contributed by atoms with Crippen molar-refractivity contribution >= 4 is 17.5 Å². The third kappa shape index (κ3) is 4.62. The van der Waals surface area contributed by atoms with Crippen LogP contribution in [0, 0.1) is 0 Å². The summed E-state index contributed by atoms with van der Waals surface area (Å²) in [4.78, 5) is 26.1. The zero-order chi connectivity index (χ0) is 18.7. The molecule has 26 heavy (non-hydrogen) atoms. The lowest BCUT2D eigenvalue weighted by Gasteiger charge is -2.36. The molecule has 1 amide bonds. The molecule has 1 atom stereocenters. The number of hydrogen-bond acceptors (Lipinski definition) is 7.